The van der Waals surface area contributed by atoms with E-state index in [-0.39, 0.29) is 17.9 Å². The van der Waals surface area contributed by atoms with Gasteiger partial charge in [0.15, 0.2) is 0 Å². The summed E-state index contributed by atoms with van der Waals surface area (Å²) in [7, 11) is 0. The average molecular weight is 363 g/mol. The minimum Gasteiger partial charge on any atom is -0.324 e. The second-order valence-electron chi connectivity index (χ2n) is 6.17. The van der Waals surface area contributed by atoms with Gasteiger partial charge in [-0.2, -0.15) is 0 Å². The van der Waals surface area contributed by atoms with Crippen molar-refractivity contribution in [3.63, 3.8) is 0 Å². The van der Waals surface area contributed by atoms with Crippen LogP contribution in [0.25, 0.3) is 0 Å². The van der Waals surface area contributed by atoms with Crippen LogP contribution in [0.1, 0.15) is 19.4 Å². The molecule has 0 atom stereocenters. The largest absolute Gasteiger partial charge is 0.324 e. The summed E-state index contributed by atoms with van der Waals surface area (Å²) >= 11 is 3.47. The molecule has 0 unspecified atom stereocenters. The van der Waals surface area contributed by atoms with Crippen molar-refractivity contribution in [2.24, 2.45) is 5.73 Å². The van der Waals surface area contributed by atoms with E-state index in [1.807, 2.05) is 0 Å². The Morgan fingerprint density at radius 1 is 1.05 bits per heavy atom. The molecule has 1 heterocycles. The normalized spacial score (nSPS) is 17.8. The zero-order chi connectivity index (χ0) is 13.9. The Morgan fingerprint density at radius 3 is 2.05 bits per heavy atom. The van der Waals surface area contributed by atoms with Gasteiger partial charge in [0, 0.05) is 49.3 Å². The summed E-state index contributed by atoms with van der Waals surface area (Å²) in [5.74, 6) is 0. The predicted octanol–water partition coefficient (Wildman–Crippen LogP) is 2.73. The highest BCUT2D eigenvalue weighted by Crippen LogP contribution is 2.14. The fourth-order valence-corrected chi connectivity index (χ4v) is 2.79. The average Bonchev–Trinajstić information content (AvgIpc) is 2.33. The summed E-state index contributed by atoms with van der Waals surface area (Å²) in [6.45, 7) is 10.7. The summed E-state index contributed by atoms with van der Waals surface area (Å²) in [5, 5.41) is 0. The molecule has 2 rings (SSSR count). The minimum absolute atomic E-state index is 0. The fourth-order valence-electron chi connectivity index (χ4n) is 2.53. The second kappa shape index (κ2) is 7.76. The maximum atomic E-state index is 6.08. The zero-order valence-corrected chi connectivity index (χ0v) is 14.7. The van der Waals surface area contributed by atoms with E-state index in [1.54, 1.807) is 0 Å². The highest BCUT2D eigenvalue weighted by Gasteiger charge is 2.21. The van der Waals surface area contributed by atoms with Crippen LogP contribution in [-0.2, 0) is 6.54 Å². The van der Waals surface area contributed by atoms with E-state index in [9.17, 15) is 0 Å². The molecule has 1 aliphatic rings. The summed E-state index contributed by atoms with van der Waals surface area (Å²) in [4.78, 5) is 4.99. The van der Waals surface area contributed by atoms with E-state index in [1.165, 1.54) is 5.56 Å². The zero-order valence-electron chi connectivity index (χ0n) is 12.3. The standard InChI is InChI=1S/C15H24BrN3.ClH/c1-15(2,17)12-19-9-7-18(8-10-19)11-13-3-5-14(16)6-4-13;/h3-6H,7-12,17H2,1-2H3;1H. The SMILES string of the molecule is CC(C)(N)CN1CCN(Cc2ccc(Br)cc2)CC1.Cl. The van der Waals surface area contributed by atoms with Crippen molar-refractivity contribution < 1.29 is 0 Å². The van der Waals surface area contributed by atoms with E-state index in [2.05, 4.69) is 63.8 Å². The van der Waals surface area contributed by atoms with Crippen LogP contribution in [0.5, 0.6) is 0 Å². The topological polar surface area (TPSA) is 32.5 Å². The number of hydrogen-bond acceptors (Lipinski definition) is 3. The van der Waals surface area contributed by atoms with Crippen LogP contribution in [-0.4, -0.2) is 48.1 Å². The highest BCUT2D eigenvalue weighted by molar-refractivity contribution is 9.10. The first-order chi connectivity index (χ1) is 8.92. The molecule has 1 saturated heterocycles. The number of nitrogens with two attached hydrogens (primary N) is 1. The minimum atomic E-state index is -0.0894. The van der Waals surface area contributed by atoms with Crippen LogP contribution in [0.15, 0.2) is 28.7 Å². The lowest BCUT2D eigenvalue weighted by Crippen LogP contribution is -2.52. The Morgan fingerprint density at radius 2 is 1.55 bits per heavy atom. The van der Waals surface area contributed by atoms with Crippen molar-refractivity contribution in [1.82, 2.24) is 9.80 Å². The number of benzene rings is 1. The van der Waals surface area contributed by atoms with Crippen molar-refractivity contribution in [3.05, 3.63) is 34.3 Å². The molecule has 1 aromatic carbocycles. The van der Waals surface area contributed by atoms with Crippen LogP contribution >= 0.6 is 28.3 Å². The van der Waals surface area contributed by atoms with Crippen LogP contribution in [0.3, 0.4) is 0 Å². The molecule has 0 aromatic heterocycles. The Bertz CT molecular complexity index is 395. The van der Waals surface area contributed by atoms with E-state index in [0.717, 1.165) is 43.7 Å². The molecule has 1 fully saturated rings. The Labute approximate surface area is 137 Å². The molecule has 1 aliphatic heterocycles. The molecule has 20 heavy (non-hydrogen) atoms. The number of piperazine rings is 1. The molecule has 114 valence electrons. The fraction of sp³-hybridized carbons (Fsp3) is 0.600. The van der Waals surface area contributed by atoms with Crippen molar-refractivity contribution in [2.45, 2.75) is 25.9 Å². The molecule has 0 aliphatic carbocycles. The summed E-state index contributed by atoms with van der Waals surface area (Å²) < 4.78 is 1.14. The van der Waals surface area contributed by atoms with Gasteiger partial charge in [0.2, 0.25) is 0 Å². The van der Waals surface area contributed by atoms with Crippen molar-refractivity contribution in [2.75, 3.05) is 32.7 Å². The van der Waals surface area contributed by atoms with E-state index in [0.29, 0.717) is 0 Å². The van der Waals surface area contributed by atoms with Crippen LogP contribution < -0.4 is 5.73 Å². The number of halogens is 2. The molecule has 0 spiro atoms. The first-order valence-corrected chi connectivity index (χ1v) is 7.70. The Balaban J connectivity index is 0.00000200. The van der Waals surface area contributed by atoms with Crippen LogP contribution in [0, 0.1) is 0 Å². The van der Waals surface area contributed by atoms with E-state index < -0.39 is 0 Å². The lowest BCUT2D eigenvalue weighted by atomic mass is 10.1. The second-order valence-corrected chi connectivity index (χ2v) is 7.08. The van der Waals surface area contributed by atoms with Crippen molar-refractivity contribution >= 4 is 28.3 Å². The first-order valence-electron chi connectivity index (χ1n) is 6.90. The Hall–Kier alpha value is -0.130. The maximum Gasteiger partial charge on any atom is 0.0234 e. The summed E-state index contributed by atoms with van der Waals surface area (Å²) in [5.41, 5.74) is 7.37. The maximum absolute atomic E-state index is 6.08. The third-order valence-electron chi connectivity index (χ3n) is 3.42. The van der Waals surface area contributed by atoms with Gasteiger partial charge in [0.05, 0.1) is 0 Å². The molecule has 0 radical (unpaired) electrons. The number of nitrogens with zero attached hydrogens (tertiary/aromatic N) is 2. The van der Waals surface area contributed by atoms with Gasteiger partial charge in [-0.25, -0.2) is 0 Å². The lowest BCUT2D eigenvalue weighted by Gasteiger charge is -2.37. The van der Waals surface area contributed by atoms with Crippen LogP contribution in [0.4, 0.5) is 0 Å². The van der Waals surface area contributed by atoms with Gasteiger partial charge in [0.1, 0.15) is 0 Å². The third kappa shape index (κ3) is 6.10. The summed E-state index contributed by atoms with van der Waals surface area (Å²) in [6, 6.07) is 8.62. The Kier molecular flexibility index (Phi) is 6.95. The molecule has 3 nitrogen and oxygen atoms in total. The molecule has 1 aromatic rings. The quantitative estimate of drug-likeness (QED) is 0.894. The van der Waals surface area contributed by atoms with Gasteiger partial charge in [-0.3, -0.25) is 9.80 Å². The smallest absolute Gasteiger partial charge is 0.0234 e. The third-order valence-corrected chi connectivity index (χ3v) is 3.94. The van der Waals surface area contributed by atoms with Crippen molar-refractivity contribution in [3.8, 4) is 0 Å². The molecule has 0 bridgehead atoms. The lowest BCUT2D eigenvalue weighted by molar-refractivity contribution is 0.112. The van der Waals surface area contributed by atoms with Gasteiger partial charge < -0.3 is 5.73 Å². The summed E-state index contributed by atoms with van der Waals surface area (Å²) in [6.07, 6.45) is 0. The van der Waals surface area contributed by atoms with Gasteiger partial charge in [-0.05, 0) is 31.5 Å². The van der Waals surface area contributed by atoms with Gasteiger partial charge >= 0.3 is 0 Å². The molecule has 0 amide bonds. The monoisotopic (exact) mass is 361 g/mol. The highest BCUT2D eigenvalue weighted by atomic mass is 79.9. The molecule has 0 saturated carbocycles. The van der Waals surface area contributed by atoms with Crippen LogP contribution in [0.2, 0.25) is 0 Å². The van der Waals surface area contributed by atoms with E-state index >= 15 is 0 Å². The molecular weight excluding hydrogens is 338 g/mol. The van der Waals surface area contributed by atoms with Gasteiger partial charge in [-0.15, -0.1) is 12.4 Å². The molecule has 2 N–H and O–H groups in total. The predicted molar refractivity (Wildman–Crippen MR) is 91.4 cm³/mol. The number of rotatable bonds is 4. The van der Waals surface area contributed by atoms with Gasteiger partial charge in [-0.1, -0.05) is 28.1 Å². The van der Waals surface area contributed by atoms with Gasteiger partial charge in [0.25, 0.3) is 0 Å². The van der Waals surface area contributed by atoms with E-state index in [4.69, 9.17) is 5.73 Å². The molecule has 5 heteroatoms. The number of hydrogen-bond donors (Lipinski definition) is 1. The molecular formula is C15H25BrClN3. The first kappa shape index (κ1) is 17.9. The van der Waals surface area contributed by atoms with Crippen molar-refractivity contribution in [1.29, 1.82) is 0 Å².